The van der Waals surface area contributed by atoms with Gasteiger partial charge in [0.05, 0.1) is 12.3 Å². The number of hydrogen-bond donors (Lipinski definition) is 1. The van der Waals surface area contributed by atoms with E-state index < -0.39 is 0 Å². The van der Waals surface area contributed by atoms with Gasteiger partial charge in [-0.15, -0.1) is 0 Å². The maximum atomic E-state index is 9.13. The first-order chi connectivity index (χ1) is 6.76. The molecule has 1 N–H and O–H groups in total. The molecule has 4 heteroatoms. The Hall–Kier alpha value is -0.870. The van der Waals surface area contributed by atoms with Crippen LogP contribution >= 0.6 is 15.9 Å². The van der Waals surface area contributed by atoms with E-state index in [4.69, 9.17) is 5.11 Å². The molecule has 0 unspecified atom stereocenters. The summed E-state index contributed by atoms with van der Waals surface area (Å²) in [6.45, 7) is 2.06. The zero-order valence-corrected chi connectivity index (χ0v) is 9.45. The van der Waals surface area contributed by atoms with E-state index >= 15 is 0 Å². The highest BCUT2D eigenvalue weighted by molar-refractivity contribution is 9.10. The van der Waals surface area contributed by atoms with E-state index in [1.807, 2.05) is 22.7 Å². The third kappa shape index (κ3) is 1.44. The highest BCUT2D eigenvalue weighted by atomic mass is 79.9. The summed E-state index contributed by atoms with van der Waals surface area (Å²) in [5.74, 6) is 0. The predicted octanol–water partition coefficient (Wildman–Crippen LogP) is 2.15. The number of fused-ring (bicyclic) bond motifs is 1. The molecule has 0 aliphatic carbocycles. The number of halogens is 1. The molecule has 0 aromatic carbocycles. The van der Waals surface area contributed by atoms with Crippen LogP contribution in [0.5, 0.6) is 0 Å². The lowest BCUT2D eigenvalue weighted by Crippen LogP contribution is -1.94. The molecule has 0 spiro atoms. The van der Waals surface area contributed by atoms with Crippen LogP contribution < -0.4 is 0 Å². The van der Waals surface area contributed by atoms with E-state index in [9.17, 15) is 0 Å². The van der Waals surface area contributed by atoms with Crippen LogP contribution in [0.4, 0.5) is 0 Å². The monoisotopic (exact) mass is 254 g/mol. The Balaban J connectivity index is 2.73. The zero-order valence-electron chi connectivity index (χ0n) is 7.87. The van der Waals surface area contributed by atoms with Crippen molar-refractivity contribution in [2.24, 2.45) is 0 Å². The Morgan fingerprint density at radius 1 is 1.57 bits per heavy atom. The normalized spacial score (nSPS) is 11.1. The summed E-state index contributed by atoms with van der Waals surface area (Å²) in [6.07, 6.45) is 2.84. The van der Waals surface area contributed by atoms with E-state index in [1.54, 1.807) is 0 Å². The van der Waals surface area contributed by atoms with Crippen LogP contribution in [0, 0.1) is 0 Å². The van der Waals surface area contributed by atoms with Crippen molar-refractivity contribution < 1.29 is 5.11 Å². The smallest absolute Gasteiger partial charge is 0.138 e. The first-order valence-corrected chi connectivity index (χ1v) is 5.31. The number of pyridine rings is 1. The molecular formula is C10H11BrN2O. The summed E-state index contributed by atoms with van der Waals surface area (Å²) in [6, 6.07) is 3.91. The summed E-state index contributed by atoms with van der Waals surface area (Å²) < 4.78 is 3.01. The maximum Gasteiger partial charge on any atom is 0.138 e. The Labute approximate surface area is 90.5 Å². The Kier molecular flexibility index (Phi) is 2.56. The van der Waals surface area contributed by atoms with Crippen molar-refractivity contribution in [2.45, 2.75) is 20.0 Å². The molecule has 2 heterocycles. The van der Waals surface area contributed by atoms with Crippen molar-refractivity contribution in [3.63, 3.8) is 0 Å². The largest absolute Gasteiger partial charge is 0.390 e. The summed E-state index contributed by atoms with van der Waals surface area (Å²) in [4.78, 5) is 4.35. The van der Waals surface area contributed by atoms with Crippen molar-refractivity contribution in [3.8, 4) is 0 Å². The van der Waals surface area contributed by atoms with Crippen LogP contribution in [0.2, 0.25) is 0 Å². The molecule has 2 aromatic rings. The van der Waals surface area contributed by atoms with Crippen LogP contribution in [0.3, 0.4) is 0 Å². The molecule has 2 rings (SSSR count). The molecular weight excluding hydrogens is 244 g/mol. The molecule has 0 aliphatic rings. The van der Waals surface area contributed by atoms with Crippen molar-refractivity contribution in [1.82, 2.24) is 9.38 Å². The third-order valence-corrected chi connectivity index (χ3v) is 2.75. The van der Waals surface area contributed by atoms with Crippen LogP contribution in [-0.2, 0) is 13.0 Å². The molecule has 3 nitrogen and oxygen atoms in total. The number of hydrogen-bond acceptors (Lipinski definition) is 2. The number of rotatable bonds is 2. The first kappa shape index (κ1) is 9.68. The fourth-order valence-corrected chi connectivity index (χ4v) is 1.94. The summed E-state index contributed by atoms with van der Waals surface area (Å²) in [5, 5.41) is 9.13. The Morgan fingerprint density at radius 2 is 2.36 bits per heavy atom. The SMILES string of the molecule is CCc1c(CO)nc2cc(Br)ccn12. The summed E-state index contributed by atoms with van der Waals surface area (Å²) in [7, 11) is 0. The summed E-state index contributed by atoms with van der Waals surface area (Å²) in [5.41, 5.74) is 2.72. The molecule has 0 radical (unpaired) electrons. The minimum atomic E-state index is 0.00245. The number of aryl methyl sites for hydroxylation is 1. The van der Waals surface area contributed by atoms with Gasteiger partial charge >= 0.3 is 0 Å². The van der Waals surface area contributed by atoms with Crippen LogP contribution in [0.15, 0.2) is 22.8 Å². The fraction of sp³-hybridized carbons (Fsp3) is 0.300. The number of aliphatic hydroxyl groups is 1. The van der Waals surface area contributed by atoms with Gasteiger partial charge in [0.1, 0.15) is 5.65 Å². The minimum absolute atomic E-state index is 0.00245. The van der Waals surface area contributed by atoms with Gasteiger partial charge < -0.3 is 9.51 Å². The fourth-order valence-electron chi connectivity index (χ4n) is 1.62. The van der Waals surface area contributed by atoms with Gasteiger partial charge in [-0.2, -0.15) is 0 Å². The van der Waals surface area contributed by atoms with Crippen LogP contribution in [-0.4, -0.2) is 14.5 Å². The zero-order chi connectivity index (χ0) is 10.1. The third-order valence-electron chi connectivity index (χ3n) is 2.25. The van der Waals surface area contributed by atoms with Gasteiger partial charge in [0.25, 0.3) is 0 Å². The van der Waals surface area contributed by atoms with Crippen LogP contribution in [0.25, 0.3) is 5.65 Å². The van der Waals surface area contributed by atoms with Gasteiger partial charge in [0.2, 0.25) is 0 Å². The molecule has 0 amide bonds. The second-order valence-electron chi connectivity index (χ2n) is 3.09. The lowest BCUT2D eigenvalue weighted by Gasteiger charge is -1.99. The quantitative estimate of drug-likeness (QED) is 0.892. The highest BCUT2D eigenvalue weighted by Crippen LogP contribution is 2.17. The number of imidazole rings is 1. The van der Waals surface area contributed by atoms with Crippen LogP contribution in [0.1, 0.15) is 18.3 Å². The minimum Gasteiger partial charge on any atom is -0.390 e. The molecule has 14 heavy (non-hydrogen) atoms. The molecule has 0 saturated carbocycles. The first-order valence-electron chi connectivity index (χ1n) is 4.52. The number of aromatic nitrogens is 2. The Bertz CT molecular complexity index is 464. The second kappa shape index (κ2) is 3.71. The molecule has 0 bridgehead atoms. The van der Waals surface area contributed by atoms with E-state index in [0.29, 0.717) is 0 Å². The molecule has 0 aliphatic heterocycles. The topological polar surface area (TPSA) is 37.5 Å². The second-order valence-corrected chi connectivity index (χ2v) is 4.01. The molecule has 0 atom stereocenters. The molecule has 2 aromatic heterocycles. The van der Waals surface area contributed by atoms with Gasteiger partial charge in [-0.05, 0) is 18.6 Å². The van der Waals surface area contributed by atoms with Crippen molar-refractivity contribution in [2.75, 3.05) is 0 Å². The molecule has 74 valence electrons. The average molecular weight is 255 g/mol. The van der Waals surface area contributed by atoms with Gasteiger partial charge in [0.15, 0.2) is 0 Å². The van der Waals surface area contributed by atoms with Gasteiger partial charge in [-0.3, -0.25) is 0 Å². The van der Waals surface area contributed by atoms with E-state index in [2.05, 4.69) is 27.8 Å². The summed E-state index contributed by atoms with van der Waals surface area (Å²) >= 11 is 3.39. The lowest BCUT2D eigenvalue weighted by atomic mass is 10.3. The van der Waals surface area contributed by atoms with E-state index in [-0.39, 0.29) is 6.61 Å². The Morgan fingerprint density at radius 3 is 3.00 bits per heavy atom. The van der Waals surface area contributed by atoms with E-state index in [0.717, 1.165) is 27.9 Å². The van der Waals surface area contributed by atoms with Gasteiger partial charge in [0, 0.05) is 16.4 Å². The van der Waals surface area contributed by atoms with Crippen molar-refractivity contribution in [3.05, 3.63) is 34.2 Å². The maximum absolute atomic E-state index is 9.13. The average Bonchev–Trinajstić information content (AvgIpc) is 2.54. The lowest BCUT2D eigenvalue weighted by molar-refractivity contribution is 0.276. The molecule has 0 fully saturated rings. The van der Waals surface area contributed by atoms with Gasteiger partial charge in [-0.1, -0.05) is 22.9 Å². The van der Waals surface area contributed by atoms with Gasteiger partial charge in [-0.25, -0.2) is 4.98 Å². The number of nitrogens with zero attached hydrogens (tertiary/aromatic N) is 2. The van der Waals surface area contributed by atoms with Crippen molar-refractivity contribution in [1.29, 1.82) is 0 Å². The highest BCUT2D eigenvalue weighted by Gasteiger charge is 2.08. The van der Waals surface area contributed by atoms with E-state index in [1.165, 1.54) is 0 Å². The molecule has 0 saturated heterocycles. The predicted molar refractivity (Wildman–Crippen MR) is 58.2 cm³/mol. The standard InChI is InChI=1S/C10H11BrN2O/c1-2-9-8(6-14)12-10-5-7(11)3-4-13(9)10/h3-5,14H,2,6H2,1H3. The van der Waals surface area contributed by atoms with Crippen molar-refractivity contribution >= 4 is 21.6 Å². The number of aliphatic hydroxyl groups excluding tert-OH is 1.